The van der Waals surface area contributed by atoms with E-state index in [1.165, 1.54) is 29.9 Å². The first kappa shape index (κ1) is 23.4. The van der Waals surface area contributed by atoms with Gasteiger partial charge >= 0.3 is 0 Å². The van der Waals surface area contributed by atoms with Crippen LogP contribution in [0.3, 0.4) is 0 Å². The highest BCUT2D eigenvalue weighted by Gasteiger charge is 2.16. The molecule has 0 bridgehead atoms. The van der Waals surface area contributed by atoms with Crippen molar-refractivity contribution in [2.24, 2.45) is 0 Å². The van der Waals surface area contributed by atoms with Crippen LogP contribution in [-0.2, 0) is 14.6 Å². The third-order valence-corrected chi connectivity index (χ3v) is 8.23. The van der Waals surface area contributed by atoms with Gasteiger partial charge in [0, 0.05) is 17.2 Å². The van der Waals surface area contributed by atoms with Crippen molar-refractivity contribution < 1.29 is 13.2 Å². The Kier molecular flexibility index (Phi) is 6.83. The number of amides is 1. The van der Waals surface area contributed by atoms with Crippen LogP contribution >= 0.6 is 23.1 Å². The molecular weight excluding hydrogens is 474 g/mol. The number of carbonyl (C=O) groups is 1. The van der Waals surface area contributed by atoms with Crippen LogP contribution in [0.5, 0.6) is 0 Å². The maximum Gasteiger partial charge on any atom is 0.230 e. The predicted octanol–water partition coefficient (Wildman–Crippen LogP) is 5.04. The van der Waals surface area contributed by atoms with Crippen molar-refractivity contribution in [1.29, 1.82) is 0 Å². The van der Waals surface area contributed by atoms with Gasteiger partial charge < -0.3 is 5.32 Å². The number of fused-ring (bicyclic) bond motifs is 1. The summed E-state index contributed by atoms with van der Waals surface area (Å²) in [4.78, 5) is 22.6. The monoisotopic (exact) mass is 497 g/mol. The summed E-state index contributed by atoms with van der Waals surface area (Å²) in [6.07, 6.45) is 2.70. The minimum atomic E-state index is -3.25. The van der Waals surface area contributed by atoms with E-state index in [4.69, 9.17) is 0 Å². The summed E-state index contributed by atoms with van der Waals surface area (Å²) < 4.78 is 23.3. The number of thiophene rings is 1. The van der Waals surface area contributed by atoms with Crippen LogP contribution < -0.4 is 5.32 Å². The lowest BCUT2D eigenvalue weighted by molar-refractivity contribution is -0.119. The van der Waals surface area contributed by atoms with Gasteiger partial charge in [-0.2, -0.15) is 0 Å². The van der Waals surface area contributed by atoms with Gasteiger partial charge in [0.05, 0.1) is 22.1 Å². The van der Waals surface area contributed by atoms with Crippen molar-refractivity contribution >= 4 is 49.1 Å². The lowest BCUT2D eigenvalue weighted by atomic mass is 10.1. The average molecular weight is 498 g/mol. The normalized spacial score (nSPS) is 12.6. The molecule has 0 saturated carbocycles. The molecule has 0 aliphatic carbocycles. The van der Waals surface area contributed by atoms with E-state index >= 15 is 0 Å². The number of carbonyl (C=O) groups excluding carboxylic acids is 1. The van der Waals surface area contributed by atoms with Crippen molar-refractivity contribution in [1.82, 2.24) is 15.3 Å². The molecule has 0 radical (unpaired) electrons. The Balaban J connectivity index is 1.46. The summed E-state index contributed by atoms with van der Waals surface area (Å²) in [5, 5.41) is 6.79. The molecule has 170 valence electrons. The largest absolute Gasteiger partial charge is 0.349 e. The molecule has 0 saturated heterocycles. The van der Waals surface area contributed by atoms with Crippen LogP contribution in [-0.4, -0.2) is 36.3 Å². The maximum absolute atomic E-state index is 12.6. The van der Waals surface area contributed by atoms with Crippen LogP contribution in [0.4, 0.5) is 0 Å². The summed E-state index contributed by atoms with van der Waals surface area (Å²) in [6, 6.07) is 14.6. The van der Waals surface area contributed by atoms with E-state index in [0.29, 0.717) is 0 Å². The quantitative estimate of drug-likeness (QED) is 0.284. The van der Waals surface area contributed by atoms with Crippen LogP contribution in [0.1, 0.15) is 24.1 Å². The van der Waals surface area contributed by atoms with E-state index in [0.717, 1.165) is 31.9 Å². The lowest BCUT2D eigenvalue weighted by Gasteiger charge is -2.14. The Bertz CT molecular complexity index is 1400. The number of sulfone groups is 1. The molecule has 4 rings (SSSR count). The van der Waals surface area contributed by atoms with Gasteiger partial charge in [-0.25, -0.2) is 18.4 Å². The first-order valence-electron chi connectivity index (χ1n) is 10.2. The summed E-state index contributed by atoms with van der Waals surface area (Å²) in [5.41, 5.74) is 4.20. The maximum atomic E-state index is 12.6. The minimum absolute atomic E-state index is 0.126. The van der Waals surface area contributed by atoms with Crippen molar-refractivity contribution in [2.75, 3.05) is 12.0 Å². The van der Waals surface area contributed by atoms with Gasteiger partial charge in [-0.05, 0) is 37.1 Å². The van der Waals surface area contributed by atoms with E-state index in [9.17, 15) is 13.2 Å². The smallest absolute Gasteiger partial charge is 0.230 e. The highest BCUT2D eigenvalue weighted by molar-refractivity contribution is 8.00. The zero-order chi connectivity index (χ0) is 23.6. The van der Waals surface area contributed by atoms with Gasteiger partial charge in [0.1, 0.15) is 16.2 Å². The number of nitrogens with one attached hydrogen (secondary N) is 1. The SMILES string of the molecule is Cc1ccc(-c2csc3ncnc(SCC(=O)N[C@H](C)c4ccc(S(C)(=O)=O)cc4)c23)cc1. The number of hydrogen-bond acceptors (Lipinski definition) is 7. The minimum Gasteiger partial charge on any atom is -0.349 e. The van der Waals surface area contributed by atoms with Crippen LogP contribution in [0.2, 0.25) is 0 Å². The molecule has 0 fully saturated rings. The molecule has 6 nitrogen and oxygen atoms in total. The third kappa shape index (κ3) is 5.43. The zero-order valence-corrected chi connectivity index (χ0v) is 20.9. The number of thioether (sulfide) groups is 1. The highest BCUT2D eigenvalue weighted by Crippen LogP contribution is 2.37. The Labute approximate surface area is 201 Å². The molecular formula is C24H23N3O3S3. The van der Waals surface area contributed by atoms with Crippen LogP contribution in [0.25, 0.3) is 21.3 Å². The number of rotatable bonds is 7. The first-order valence-corrected chi connectivity index (χ1v) is 14.0. The summed E-state index contributed by atoms with van der Waals surface area (Å²) in [7, 11) is -3.25. The molecule has 1 N–H and O–H groups in total. The Hall–Kier alpha value is -2.75. The second-order valence-corrected chi connectivity index (χ2v) is 11.6. The number of benzene rings is 2. The van der Waals surface area contributed by atoms with Crippen LogP contribution in [0.15, 0.2) is 70.2 Å². The van der Waals surface area contributed by atoms with E-state index in [1.807, 2.05) is 6.92 Å². The zero-order valence-electron chi connectivity index (χ0n) is 18.4. The lowest BCUT2D eigenvalue weighted by Crippen LogP contribution is -2.28. The molecule has 4 aromatic rings. The fourth-order valence-electron chi connectivity index (χ4n) is 3.41. The van der Waals surface area contributed by atoms with E-state index in [1.54, 1.807) is 35.6 Å². The number of aryl methyl sites for hydroxylation is 1. The van der Waals surface area contributed by atoms with Crippen molar-refractivity contribution in [2.45, 2.75) is 29.8 Å². The highest BCUT2D eigenvalue weighted by atomic mass is 32.2. The molecule has 2 heterocycles. The summed E-state index contributed by atoms with van der Waals surface area (Å²) in [6.45, 7) is 3.93. The molecule has 33 heavy (non-hydrogen) atoms. The molecule has 0 spiro atoms. The Morgan fingerprint density at radius 3 is 2.45 bits per heavy atom. The molecule has 1 amide bonds. The standard InChI is InChI=1S/C24H23N3O3S3/c1-15-4-6-18(7-5-15)20-12-31-23-22(20)24(26-14-25-23)32-13-21(28)27-16(2)17-8-10-19(11-9-17)33(3,29)30/h4-12,14,16H,13H2,1-3H3,(H,27,28)/t16-/m1/s1. The molecule has 9 heteroatoms. The topological polar surface area (TPSA) is 89.0 Å². The fourth-order valence-corrected chi connectivity index (χ4v) is 5.84. The summed E-state index contributed by atoms with van der Waals surface area (Å²) >= 11 is 2.95. The average Bonchev–Trinajstić information content (AvgIpc) is 3.22. The van der Waals surface area contributed by atoms with Gasteiger partial charge in [-0.15, -0.1) is 11.3 Å². The molecule has 2 aromatic carbocycles. The number of hydrogen-bond donors (Lipinski definition) is 1. The van der Waals surface area contributed by atoms with Crippen molar-refractivity contribution in [3.63, 3.8) is 0 Å². The molecule has 0 aliphatic rings. The van der Waals surface area contributed by atoms with Gasteiger partial charge in [-0.1, -0.05) is 53.7 Å². The van der Waals surface area contributed by atoms with E-state index in [-0.39, 0.29) is 22.6 Å². The van der Waals surface area contributed by atoms with Gasteiger partial charge in [-0.3, -0.25) is 4.79 Å². The van der Waals surface area contributed by atoms with E-state index in [2.05, 4.69) is 51.9 Å². The summed E-state index contributed by atoms with van der Waals surface area (Å²) in [5.74, 6) is 0.0831. The van der Waals surface area contributed by atoms with Crippen LogP contribution in [0, 0.1) is 6.92 Å². The van der Waals surface area contributed by atoms with Gasteiger partial charge in [0.15, 0.2) is 9.84 Å². The first-order chi connectivity index (χ1) is 15.7. The predicted molar refractivity (Wildman–Crippen MR) is 134 cm³/mol. The van der Waals surface area contributed by atoms with Gasteiger partial charge in [0.2, 0.25) is 5.91 Å². The Morgan fingerprint density at radius 2 is 1.79 bits per heavy atom. The second kappa shape index (κ2) is 9.62. The molecule has 0 unspecified atom stereocenters. The van der Waals surface area contributed by atoms with E-state index < -0.39 is 9.84 Å². The third-order valence-electron chi connectivity index (χ3n) is 5.22. The Morgan fingerprint density at radius 1 is 1.09 bits per heavy atom. The number of nitrogens with zero attached hydrogens (tertiary/aromatic N) is 2. The molecule has 0 aliphatic heterocycles. The second-order valence-electron chi connectivity index (χ2n) is 7.79. The number of aromatic nitrogens is 2. The fraction of sp³-hybridized carbons (Fsp3) is 0.208. The molecule has 1 atom stereocenters. The molecule has 2 aromatic heterocycles. The van der Waals surface area contributed by atoms with Crippen molar-refractivity contribution in [3.05, 3.63) is 71.4 Å². The van der Waals surface area contributed by atoms with Crippen molar-refractivity contribution in [3.8, 4) is 11.1 Å². The van der Waals surface area contributed by atoms with Gasteiger partial charge in [0.25, 0.3) is 0 Å².